The number of likely N-dealkylation sites (tertiary alicyclic amines) is 1. The lowest BCUT2D eigenvalue weighted by atomic mass is 10.1. The molecule has 0 spiro atoms. The van der Waals surface area contributed by atoms with Gasteiger partial charge >= 0.3 is 0 Å². The maximum Gasteiger partial charge on any atom is 0.256 e. The van der Waals surface area contributed by atoms with Crippen LogP contribution >= 0.6 is 11.6 Å². The summed E-state index contributed by atoms with van der Waals surface area (Å²) >= 11 is 6.43. The van der Waals surface area contributed by atoms with Gasteiger partial charge in [-0.05, 0) is 56.0 Å². The summed E-state index contributed by atoms with van der Waals surface area (Å²) in [6, 6.07) is 7.79. The number of hydrogen-bond donors (Lipinski definition) is 2. The van der Waals surface area contributed by atoms with E-state index < -0.39 is 17.7 Å². The van der Waals surface area contributed by atoms with Crippen molar-refractivity contribution in [3.05, 3.63) is 64.8 Å². The third-order valence-corrected chi connectivity index (χ3v) is 7.31. The van der Waals surface area contributed by atoms with Gasteiger partial charge in [0, 0.05) is 56.9 Å². The van der Waals surface area contributed by atoms with E-state index in [1.807, 2.05) is 30.0 Å². The van der Waals surface area contributed by atoms with Gasteiger partial charge in [0.15, 0.2) is 5.82 Å². The molecule has 0 radical (unpaired) electrons. The summed E-state index contributed by atoms with van der Waals surface area (Å²) in [6.45, 7) is 1.98. The Bertz CT molecular complexity index is 1410. The topological polar surface area (TPSA) is 93.7 Å². The number of aromatic nitrogens is 2. The Morgan fingerprint density at radius 3 is 2.42 bits per heavy atom. The van der Waals surface area contributed by atoms with E-state index in [0.717, 1.165) is 56.2 Å². The van der Waals surface area contributed by atoms with Gasteiger partial charge in [-0.25, -0.2) is 13.8 Å². The Morgan fingerprint density at radius 1 is 1.00 bits per heavy atom. The van der Waals surface area contributed by atoms with Gasteiger partial charge in [0.2, 0.25) is 11.9 Å². The zero-order valence-electron chi connectivity index (χ0n) is 22.3. The van der Waals surface area contributed by atoms with Crippen LogP contribution in [0, 0.1) is 11.6 Å². The van der Waals surface area contributed by atoms with Crippen molar-refractivity contribution in [3.63, 3.8) is 0 Å². The Hall–Kier alpha value is -3.99. The van der Waals surface area contributed by atoms with Gasteiger partial charge in [-0.3, -0.25) is 9.59 Å². The fourth-order valence-electron chi connectivity index (χ4n) is 5.16. The van der Waals surface area contributed by atoms with Crippen molar-refractivity contribution < 1.29 is 18.4 Å². The molecular weight excluding hydrogens is 540 g/mol. The molecule has 40 heavy (non-hydrogen) atoms. The van der Waals surface area contributed by atoms with Crippen molar-refractivity contribution in [2.75, 3.05) is 54.2 Å². The van der Waals surface area contributed by atoms with E-state index in [1.54, 1.807) is 17.0 Å². The molecule has 3 heterocycles. The molecule has 0 unspecified atom stereocenters. The summed E-state index contributed by atoms with van der Waals surface area (Å²) in [6.07, 6.45) is 4.65. The second kappa shape index (κ2) is 11.6. The number of carbonyl (C=O) groups is 2. The summed E-state index contributed by atoms with van der Waals surface area (Å²) in [5.41, 5.74) is 1.98. The van der Waals surface area contributed by atoms with Gasteiger partial charge in [-0.15, -0.1) is 0 Å². The number of rotatable bonds is 7. The van der Waals surface area contributed by atoms with Crippen LogP contribution in [-0.2, 0) is 4.79 Å². The monoisotopic (exact) mass is 569 g/mol. The van der Waals surface area contributed by atoms with E-state index in [0.29, 0.717) is 30.0 Å². The van der Waals surface area contributed by atoms with Crippen LogP contribution in [0.5, 0.6) is 0 Å². The van der Waals surface area contributed by atoms with Crippen molar-refractivity contribution in [1.29, 1.82) is 0 Å². The first kappa shape index (κ1) is 27.6. The summed E-state index contributed by atoms with van der Waals surface area (Å²) < 4.78 is 27.3. The molecule has 3 aromatic rings. The summed E-state index contributed by atoms with van der Waals surface area (Å²) in [5.74, 6) is -1.37. The number of carbonyl (C=O) groups excluding carboxylic acids is 2. The molecular formula is C28H30ClF2N7O2. The standard InChI is InChI=1S/C28H30ClF2N7O2/c1-36(2)23-8-7-19(15-21(23)27(40)37-9-3-4-10-37)33-26(39)24-6-5-11-38(24)25-22(29)16-32-28(35-25)34-20-13-17(30)12-18(31)14-20/h7-8,12-16,24H,3-6,9-11H2,1-2H3,(H,33,39)(H,32,34,35)/t24-/m0/s1. The maximum absolute atomic E-state index is 13.6. The predicted octanol–water partition coefficient (Wildman–Crippen LogP) is 5.06. The highest BCUT2D eigenvalue weighted by Gasteiger charge is 2.33. The van der Waals surface area contributed by atoms with Gasteiger partial charge in [0.05, 0.1) is 11.8 Å². The second-order valence-electron chi connectivity index (χ2n) is 10.1. The predicted molar refractivity (Wildman–Crippen MR) is 152 cm³/mol. The average Bonchev–Trinajstić information content (AvgIpc) is 3.61. The molecule has 0 saturated carbocycles. The zero-order valence-corrected chi connectivity index (χ0v) is 23.0. The molecule has 2 aliphatic heterocycles. The highest BCUT2D eigenvalue weighted by atomic mass is 35.5. The largest absolute Gasteiger partial charge is 0.377 e. The minimum Gasteiger partial charge on any atom is -0.377 e. The number of nitrogens with one attached hydrogen (secondary N) is 2. The van der Waals surface area contributed by atoms with E-state index in [2.05, 4.69) is 20.6 Å². The first-order valence-electron chi connectivity index (χ1n) is 13.1. The van der Waals surface area contributed by atoms with E-state index in [4.69, 9.17) is 11.6 Å². The third-order valence-electron chi connectivity index (χ3n) is 7.04. The molecule has 2 N–H and O–H groups in total. The number of benzene rings is 2. The van der Waals surface area contributed by atoms with Crippen LogP contribution in [0.3, 0.4) is 0 Å². The lowest BCUT2D eigenvalue weighted by Crippen LogP contribution is -2.40. The third kappa shape index (κ3) is 5.94. The normalized spacial score (nSPS) is 16.8. The summed E-state index contributed by atoms with van der Waals surface area (Å²) in [7, 11) is 3.76. The van der Waals surface area contributed by atoms with E-state index in [-0.39, 0.29) is 28.5 Å². The van der Waals surface area contributed by atoms with Gasteiger partial charge in [0.1, 0.15) is 22.7 Å². The Morgan fingerprint density at radius 2 is 1.73 bits per heavy atom. The van der Waals surface area contributed by atoms with Crippen molar-refractivity contribution in [1.82, 2.24) is 14.9 Å². The molecule has 2 saturated heterocycles. The molecule has 12 heteroatoms. The first-order valence-corrected chi connectivity index (χ1v) is 13.5. The van der Waals surface area contributed by atoms with Crippen LogP contribution in [0.25, 0.3) is 0 Å². The number of anilines is 5. The van der Waals surface area contributed by atoms with Gasteiger partial charge in [-0.2, -0.15) is 4.98 Å². The smallest absolute Gasteiger partial charge is 0.256 e. The average molecular weight is 570 g/mol. The van der Waals surface area contributed by atoms with Crippen LogP contribution in [0.1, 0.15) is 36.0 Å². The molecule has 5 rings (SSSR count). The van der Waals surface area contributed by atoms with Crippen molar-refractivity contribution >= 4 is 52.2 Å². The van der Waals surface area contributed by atoms with Gasteiger partial charge < -0.3 is 25.3 Å². The molecule has 2 fully saturated rings. The van der Waals surface area contributed by atoms with Crippen LogP contribution in [0.2, 0.25) is 5.02 Å². The SMILES string of the molecule is CN(C)c1ccc(NC(=O)[C@@H]2CCCN2c2nc(Nc3cc(F)cc(F)c3)ncc2Cl)cc1C(=O)N1CCCC1. The molecule has 2 aromatic carbocycles. The Balaban J connectivity index is 1.36. The van der Waals surface area contributed by atoms with Gasteiger partial charge in [-0.1, -0.05) is 11.6 Å². The minimum absolute atomic E-state index is 0.0502. The molecule has 1 atom stereocenters. The number of hydrogen-bond acceptors (Lipinski definition) is 7. The fourth-order valence-corrected chi connectivity index (χ4v) is 5.36. The van der Waals surface area contributed by atoms with Crippen molar-refractivity contribution in [2.45, 2.75) is 31.7 Å². The quantitative estimate of drug-likeness (QED) is 0.411. The molecule has 1 aromatic heterocycles. The Labute approximate surface area is 236 Å². The van der Waals surface area contributed by atoms with Crippen LogP contribution < -0.4 is 20.4 Å². The highest BCUT2D eigenvalue weighted by molar-refractivity contribution is 6.33. The Kier molecular flexibility index (Phi) is 8.02. The molecule has 210 valence electrons. The lowest BCUT2D eigenvalue weighted by Gasteiger charge is -2.26. The minimum atomic E-state index is -0.739. The highest BCUT2D eigenvalue weighted by Crippen LogP contribution is 2.32. The lowest BCUT2D eigenvalue weighted by molar-refractivity contribution is -0.117. The fraction of sp³-hybridized carbons (Fsp3) is 0.357. The maximum atomic E-state index is 13.6. The number of amides is 2. The summed E-state index contributed by atoms with van der Waals surface area (Å²) in [4.78, 5) is 40.8. The summed E-state index contributed by atoms with van der Waals surface area (Å²) in [5, 5.41) is 5.99. The first-order chi connectivity index (χ1) is 19.2. The number of nitrogens with zero attached hydrogens (tertiary/aromatic N) is 5. The van der Waals surface area contributed by atoms with Gasteiger partial charge in [0.25, 0.3) is 5.91 Å². The van der Waals surface area contributed by atoms with Crippen LogP contribution in [-0.4, -0.2) is 66.5 Å². The van der Waals surface area contributed by atoms with Crippen molar-refractivity contribution in [3.8, 4) is 0 Å². The van der Waals surface area contributed by atoms with Crippen molar-refractivity contribution in [2.24, 2.45) is 0 Å². The molecule has 9 nitrogen and oxygen atoms in total. The molecule has 0 bridgehead atoms. The van der Waals surface area contributed by atoms with E-state index in [9.17, 15) is 18.4 Å². The number of halogens is 3. The molecule has 2 amide bonds. The van der Waals surface area contributed by atoms with Crippen LogP contribution in [0.15, 0.2) is 42.6 Å². The molecule has 2 aliphatic rings. The second-order valence-corrected chi connectivity index (χ2v) is 10.5. The van der Waals surface area contributed by atoms with E-state index in [1.165, 1.54) is 6.20 Å². The molecule has 0 aliphatic carbocycles. The zero-order chi connectivity index (χ0) is 28.4. The van der Waals surface area contributed by atoms with E-state index >= 15 is 0 Å². The van der Waals surface area contributed by atoms with Crippen LogP contribution in [0.4, 0.5) is 37.6 Å².